The third-order valence-electron chi connectivity index (χ3n) is 2.46. The van der Waals surface area contributed by atoms with E-state index in [0.29, 0.717) is 5.89 Å². The number of rotatable bonds is 5. The standard InChI is InChI=1S/C12H13N3O3/c1-9-2-4-10(5-3-9)15(7-12(16)17)6-11-13-8-14-18-11/h2-5,8H,6-7H2,1H3,(H,16,17). The highest BCUT2D eigenvalue weighted by Gasteiger charge is 2.13. The van der Waals surface area contributed by atoms with E-state index < -0.39 is 5.97 Å². The van der Waals surface area contributed by atoms with Gasteiger partial charge in [0.15, 0.2) is 6.33 Å². The first-order valence-electron chi connectivity index (χ1n) is 5.44. The van der Waals surface area contributed by atoms with Crippen LogP contribution in [0.25, 0.3) is 0 Å². The fourth-order valence-electron chi connectivity index (χ4n) is 1.59. The van der Waals surface area contributed by atoms with Gasteiger partial charge >= 0.3 is 5.97 Å². The van der Waals surface area contributed by atoms with Gasteiger partial charge < -0.3 is 14.5 Å². The average Bonchev–Trinajstić information content (AvgIpc) is 2.81. The minimum Gasteiger partial charge on any atom is -0.480 e. The molecule has 0 atom stereocenters. The van der Waals surface area contributed by atoms with Crippen LogP contribution in [0.4, 0.5) is 5.69 Å². The van der Waals surface area contributed by atoms with Crippen LogP contribution in [0.1, 0.15) is 11.5 Å². The SMILES string of the molecule is Cc1ccc(N(CC(=O)O)Cc2ncno2)cc1. The quantitative estimate of drug-likeness (QED) is 0.861. The lowest BCUT2D eigenvalue weighted by Crippen LogP contribution is -2.29. The molecular formula is C12H13N3O3. The summed E-state index contributed by atoms with van der Waals surface area (Å²) < 4.78 is 4.90. The topological polar surface area (TPSA) is 79.5 Å². The van der Waals surface area contributed by atoms with Gasteiger partial charge in [0.05, 0.1) is 6.54 Å². The zero-order valence-electron chi connectivity index (χ0n) is 9.91. The van der Waals surface area contributed by atoms with Gasteiger partial charge in [-0.05, 0) is 19.1 Å². The van der Waals surface area contributed by atoms with Crippen molar-refractivity contribution in [2.75, 3.05) is 11.4 Å². The summed E-state index contributed by atoms with van der Waals surface area (Å²) in [6.07, 6.45) is 1.30. The molecule has 0 saturated carbocycles. The molecule has 0 spiro atoms. The van der Waals surface area contributed by atoms with E-state index in [4.69, 9.17) is 9.63 Å². The molecule has 0 saturated heterocycles. The molecule has 1 aromatic carbocycles. The Bertz CT molecular complexity index is 508. The fraction of sp³-hybridized carbons (Fsp3) is 0.250. The molecule has 0 aliphatic carbocycles. The number of aryl methyl sites for hydroxylation is 1. The van der Waals surface area contributed by atoms with Crippen LogP contribution in [0.2, 0.25) is 0 Å². The second-order valence-electron chi connectivity index (χ2n) is 3.92. The van der Waals surface area contributed by atoms with Crippen LogP contribution >= 0.6 is 0 Å². The molecule has 0 aliphatic heterocycles. The van der Waals surface area contributed by atoms with E-state index in [1.165, 1.54) is 6.33 Å². The minimum atomic E-state index is -0.907. The number of aromatic nitrogens is 2. The third-order valence-corrected chi connectivity index (χ3v) is 2.46. The molecule has 0 aliphatic rings. The fourth-order valence-corrected chi connectivity index (χ4v) is 1.59. The van der Waals surface area contributed by atoms with Crippen molar-refractivity contribution in [3.8, 4) is 0 Å². The van der Waals surface area contributed by atoms with Gasteiger partial charge in [-0.3, -0.25) is 4.79 Å². The molecule has 2 aromatic rings. The predicted octanol–water partition coefficient (Wildman–Crippen LogP) is 1.47. The Morgan fingerprint density at radius 3 is 2.67 bits per heavy atom. The van der Waals surface area contributed by atoms with Crippen molar-refractivity contribution in [1.82, 2.24) is 10.1 Å². The number of hydrogen-bond acceptors (Lipinski definition) is 5. The summed E-state index contributed by atoms with van der Waals surface area (Å²) in [5, 5.41) is 12.4. The maximum absolute atomic E-state index is 10.9. The van der Waals surface area contributed by atoms with Crippen molar-refractivity contribution in [2.24, 2.45) is 0 Å². The third kappa shape index (κ3) is 3.07. The van der Waals surface area contributed by atoms with Gasteiger partial charge in [0.1, 0.15) is 6.54 Å². The van der Waals surface area contributed by atoms with Crippen LogP contribution in [0.3, 0.4) is 0 Å². The van der Waals surface area contributed by atoms with Gasteiger partial charge in [0, 0.05) is 5.69 Å². The van der Waals surface area contributed by atoms with Crippen molar-refractivity contribution >= 4 is 11.7 Å². The Balaban J connectivity index is 2.19. The van der Waals surface area contributed by atoms with Crippen molar-refractivity contribution in [3.05, 3.63) is 42.0 Å². The lowest BCUT2D eigenvalue weighted by molar-refractivity contribution is -0.135. The van der Waals surface area contributed by atoms with Crippen molar-refractivity contribution in [2.45, 2.75) is 13.5 Å². The monoisotopic (exact) mass is 247 g/mol. The van der Waals surface area contributed by atoms with Crippen LogP contribution in [-0.4, -0.2) is 27.8 Å². The Labute approximate surface area is 104 Å². The number of carbonyl (C=O) groups is 1. The lowest BCUT2D eigenvalue weighted by Gasteiger charge is -2.20. The number of carboxylic acid groups (broad SMARTS) is 1. The van der Waals surface area contributed by atoms with E-state index in [1.807, 2.05) is 31.2 Å². The van der Waals surface area contributed by atoms with Crippen LogP contribution in [0.15, 0.2) is 35.1 Å². The zero-order valence-corrected chi connectivity index (χ0v) is 9.91. The number of nitrogens with zero attached hydrogens (tertiary/aromatic N) is 3. The molecule has 1 aromatic heterocycles. The summed E-state index contributed by atoms with van der Waals surface area (Å²) in [7, 11) is 0. The largest absolute Gasteiger partial charge is 0.480 e. The molecule has 2 rings (SSSR count). The average molecular weight is 247 g/mol. The van der Waals surface area contributed by atoms with Crippen LogP contribution in [-0.2, 0) is 11.3 Å². The summed E-state index contributed by atoms with van der Waals surface area (Å²) in [6.45, 7) is 2.13. The predicted molar refractivity (Wildman–Crippen MR) is 64.2 cm³/mol. The van der Waals surface area contributed by atoms with Crippen LogP contribution < -0.4 is 4.90 Å². The molecule has 0 amide bonds. The molecule has 1 N–H and O–H groups in total. The Hall–Kier alpha value is -2.37. The summed E-state index contributed by atoms with van der Waals surface area (Å²) in [5.41, 5.74) is 1.92. The smallest absolute Gasteiger partial charge is 0.323 e. The lowest BCUT2D eigenvalue weighted by atomic mass is 10.2. The number of aliphatic carboxylic acids is 1. The van der Waals surface area contributed by atoms with Gasteiger partial charge in [-0.2, -0.15) is 4.98 Å². The van der Waals surface area contributed by atoms with Gasteiger partial charge in [-0.15, -0.1) is 0 Å². The van der Waals surface area contributed by atoms with Gasteiger partial charge in [0.2, 0.25) is 5.89 Å². The highest BCUT2D eigenvalue weighted by Crippen LogP contribution is 2.17. The zero-order chi connectivity index (χ0) is 13.0. The maximum atomic E-state index is 10.9. The number of carboxylic acids is 1. The first kappa shape index (κ1) is 12.1. The highest BCUT2D eigenvalue weighted by molar-refractivity contribution is 5.73. The molecular weight excluding hydrogens is 234 g/mol. The summed E-state index contributed by atoms with van der Waals surface area (Å²) in [5.74, 6) is -0.521. The summed E-state index contributed by atoms with van der Waals surface area (Å²) in [4.78, 5) is 16.4. The maximum Gasteiger partial charge on any atom is 0.323 e. The highest BCUT2D eigenvalue weighted by atomic mass is 16.5. The first-order chi connectivity index (χ1) is 8.65. The second kappa shape index (κ2) is 5.31. The van der Waals surface area contributed by atoms with Crippen molar-refractivity contribution in [1.29, 1.82) is 0 Å². The van der Waals surface area contributed by atoms with E-state index >= 15 is 0 Å². The van der Waals surface area contributed by atoms with Crippen molar-refractivity contribution in [3.63, 3.8) is 0 Å². The molecule has 0 radical (unpaired) electrons. The van der Waals surface area contributed by atoms with E-state index in [0.717, 1.165) is 11.3 Å². The summed E-state index contributed by atoms with van der Waals surface area (Å²) >= 11 is 0. The normalized spacial score (nSPS) is 10.3. The Kier molecular flexibility index (Phi) is 3.57. The molecule has 6 nitrogen and oxygen atoms in total. The number of hydrogen-bond donors (Lipinski definition) is 1. The second-order valence-corrected chi connectivity index (χ2v) is 3.92. The molecule has 94 valence electrons. The van der Waals surface area contributed by atoms with Crippen molar-refractivity contribution < 1.29 is 14.4 Å². The molecule has 18 heavy (non-hydrogen) atoms. The van der Waals surface area contributed by atoms with Crippen LogP contribution in [0, 0.1) is 6.92 Å². The number of benzene rings is 1. The number of anilines is 1. The van der Waals surface area contributed by atoms with Crippen LogP contribution in [0.5, 0.6) is 0 Å². The minimum absolute atomic E-state index is 0.120. The Morgan fingerprint density at radius 1 is 1.39 bits per heavy atom. The van der Waals surface area contributed by atoms with E-state index in [1.54, 1.807) is 4.90 Å². The molecule has 1 heterocycles. The Morgan fingerprint density at radius 2 is 2.11 bits per heavy atom. The van der Waals surface area contributed by atoms with E-state index in [9.17, 15) is 4.79 Å². The molecule has 0 bridgehead atoms. The molecule has 0 unspecified atom stereocenters. The molecule has 6 heteroatoms. The molecule has 0 fully saturated rings. The first-order valence-corrected chi connectivity index (χ1v) is 5.44. The van der Waals surface area contributed by atoms with Gasteiger partial charge in [-0.25, -0.2) is 0 Å². The van der Waals surface area contributed by atoms with E-state index in [-0.39, 0.29) is 13.1 Å². The van der Waals surface area contributed by atoms with Gasteiger partial charge in [0.25, 0.3) is 0 Å². The van der Waals surface area contributed by atoms with Gasteiger partial charge in [-0.1, -0.05) is 22.9 Å². The van der Waals surface area contributed by atoms with E-state index in [2.05, 4.69) is 10.1 Å². The summed E-state index contributed by atoms with van der Waals surface area (Å²) in [6, 6.07) is 7.60.